The first-order valence-corrected chi connectivity index (χ1v) is 7.56. The Hall–Kier alpha value is -2.09. The van der Waals surface area contributed by atoms with Crippen LogP contribution in [0.2, 0.25) is 0 Å². The minimum absolute atomic E-state index is 0.0506. The highest BCUT2D eigenvalue weighted by atomic mass is 16.5. The average Bonchev–Trinajstić information content (AvgIpc) is 2.53. The van der Waals surface area contributed by atoms with Crippen LogP contribution in [-0.4, -0.2) is 12.4 Å². The standard InChI is InChI=1S/C19H20O2/c1-14(20)17-10-4-5-12-19(17)21-13-16-9-6-8-15-7-2-3-11-18(15)16/h2-5,7,10-12,16H,6,8-9,13H2,1H3. The monoisotopic (exact) mass is 280 g/mol. The predicted molar refractivity (Wildman–Crippen MR) is 84.1 cm³/mol. The van der Waals surface area contributed by atoms with E-state index in [0.29, 0.717) is 23.8 Å². The van der Waals surface area contributed by atoms with Crippen molar-refractivity contribution in [1.29, 1.82) is 0 Å². The maximum absolute atomic E-state index is 11.6. The highest BCUT2D eigenvalue weighted by molar-refractivity contribution is 5.96. The predicted octanol–water partition coefficient (Wildman–Crippen LogP) is 4.39. The van der Waals surface area contributed by atoms with Gasteiger partial charge in [0.1, 0.15) is 5.75 Å². The Labute approximate surface area is 125 Å². The molecule has 2 aromatic carbocycles. The van der Waals surface area contributed by atoms with Crippen LogP contribution in [0.3, 0.4) is 0 Å². The number of Topliss-reactive ketones (excluding diaryl/α,β-unsaturated/α-hetero) is 1. The quantitative estimate of drug-likeness (QED) is 0.776. The van der Waals surface area contributed by atoms with Crippen molar-refractivity contribution in [2.45, 2.75) is 32.1 Å². The first kappa shape index (κ1) is 13.9. The first-order chi connectivity index (χ1) is 10.3. The first-order valence-electron chi connectivity index (χ1n) is 7.56. The Kier molecular flexibility index (Phi) is 4.05. The van der Waals surface area contributed by atoms with Crippen molar-refractivity contribution in [1.82, 2.24) is 0 Å². The molecule has 108 valence electrons. The van der Waals surface area contributed by atoms with Crippen LogP contribution in [0.4, 0.5) is 0 Å². The molecule has 0 aromatic heterocycles. The zero-order valence-corrected chi connectivity index (χ0v) is 12.3. The largest absolute Gasteiger partial charge is 0.492 e. The Balaban J connectivity index is 1.76. The van der Waals surface area contributed by atoms with E-state index in [1.54, 1.807) is 6.92 Å². The summed E-state index contributed by atoms with van der Waals surface area (Å²) in [6, 6.07) is 16.1. The third-order valence-electron chi connectivity index (χ3n) is 4.20. The van der Waals surface area contributed by atoms with Crippen LogP contribution in [0.15, 0.2) is 48.5 Å². The summed E-state index contributed by atoms with van der Waals surface area (Å²) in [5.41, 5.74) is 3.52. The number of ketones is 1. The Bertz CT molecular complexity index is 646. The van der Waals surface area contributed by atoms with Gasteiger partial charge in [-0.05, 0) is 49.4 Å². The third-order valence-corrected chi connectivity index (χ3v) is 4.20. The lowest BCUT2D eigenvalue weighted by Gasteiger charge is -2.25. The molecule has 0 spiro atoms. The van der Waals surface area contributed by atoms with E-state index < -0.39 is 0 Å². The van der Waals surface area contributed by atoms with Crippen molar-refractivity contribution in [2.24, 2.45) is 0 Å². The molecule has 0 amide bonds. The summed E-state index contributed by atoms with van der Waals surface area (Å²) in [7, 11) is 0. The summed E-state index contributed by atoms with van der Waals surface area (Å²) in [6.45, 7) is 2.22. The molecule has 1 aliphatic rings. The molecule has 0 saturated heterocycles. The second-order valence-corrected chi connectivity index (χ2v) is 5.65. The van der Waals surface area contributed by atoms with Crippen molar-refractivity contribution in [3.63, 3.8) is 0 Å². The van der Waals surface area contributed by atoms with Gasteiger partial charge in [0.2, 0.25) is 0 Å². The molecule has 1 unspecified atom stereocenters. The normalized spacial score (nSPS) is 17.1. The number of carbonyl (C=O) groups excluding carboxylic acids is 1. The van der Waals surface area contributed by atoms with E-state index in [1.165, 1.54) is 17.5 Å². The fourth-order valence-corrected chi connectivity index (χ4v) is 3.10. The summed E-state index contributed by atoms with van der Waals surface area (Å²) in [5.74, 6) is 1.18. The molecule has 21 heavy (non-hydrogen) atoms. The van der Waals surface area contributed by atoms with Gasteiger partial charge in [0.15, 0.2) is 5.78 Å². The van der Waals surface area contributed by atoms with E-state index in [9.17, 15) is 4.79 Å². The summed E-state index contributed by atoms with van der Waals surface area (Å²) in [5, 5.41) is 0. The molecule has 3 rings (SSSR count). The molecular weight excluding hydrogens is 260 g/mol. The van der Waals surface area contributed by atoms with E-state index in [1.807, 2.05) is 24.3 Å². The van der Waals surface area contributed by atoms with Crippen LogP contribution in [0.1, 0.15) is 47.2 Å². The number of ether oxygens (including phenoxy) is 1. The molecule has 0 fully saturated rings. The van der Waals surface area contributed by atoms with Gasteiger partial charge >= 0.3 is 0 Å². The molecule has 2 heteroatoms. The second-order valence-electron chi connectivity index (χ2n) is 5.65. The summed E-state index contributed by atoms with van der Waals surface area (Å²) in [6.07, 6.45) is 3.52. The van der Waals surface area contributed by atoms with Crippen LogP contribution < -0.4 is 4.74 Å². The van der Waals surface area contributed by atoms with Gasteiger partial charge < -0.3 is 4.74 Å². The summed E-state index contributed by atoms with van der Waals surface area (Å²) >= 11 is 0. The SMILES string of the molecule is CC(=O)c1ccccc1OCC1CCCc2ccccc21. The lowest BCUT2D eigenvalue weighted by Crippen LogP contribution is -2.17. The van der Waals surface area contributed by atoms with Gasteiger partial charge in [-0.2, -0.15) is 0 Å². The van der Waals surface area contributed by atoms with Gasteiger partial charge in [0.05, 0.1) is 12.2 Å². The smallest absolute Gasteiger partial charge is 0.163 e. The third kappa shape index (κ3) is 2.99. The van der Waals surface area contributed by atoms with E-state index in [-0.39, 0.29) is 5.78 Å². The number of benzene rings is 2. The van der Waals surface area contributed by atoms with Crippen LogP contribution >= 0.6 is 0 Å². The molecule has 1 aliphatic carbocycles. The number of rotatable bonds is 4. The zero-order chi connectivity index (χ0) is 14.7. The lowest BCUT2D eigenvalue weighted by atomic mass is 9.83. The van der Waals surface area contributed by atoms with Gasteiger partial charge in [0.25, 0.3) is 0 Å². The molecular formula is C19H20O2. The van der Waals surface area contributed by atoms with Crippen molar-refractivity contribution in [3.8, 4) is 5.75 Å². The van der Waals surface area contributed by atoms with Crippen molar-refractivity contribution in [3.05, 3.63) is 65.2 Å². The number of hydrogen-bond acceptors (Lipinski definition) is 2. The van der Waals surface area contributed by atoms with Crippen molar-refractivity contribution in [2.75, 3.05) is 6.61 Å². The Morgan fingerprint density at radius 3 is 2.76 bits per heavy atom. The highest BCUT2D eigenvalue weighted by Crippen LogP contribution is 2.32. The minimum atomic E-state index is 0.0506. The van der Waals surface area contributed by atoms with E-state index in [4.69, 9.17) is 4.74 Å². The lowest BCUT2D eigenvalue weighted by molar-refractivity contribution is 0.101. The number of fused-ring (bicyclic) bond motifs is 1. The maximum atomic E-state index is 11.6. The second kappa shape index (κ2) is 6.13. The molecule has 0 saturated carbocycles. The summed E-state index contributed by atoms with van der Waals surface area (Å²) < 4.78 is 5.97. The Morgan fingerprint density at radius 2 is 1.90 bits per heavy atom. The van der Waals surface area contributed by atoms with Crippen LogP contribution in [0, 0.1) is 0 Å². The highest BCUT2D eigenvalue weighted by Gasteiger charge is 2.20. The van der Waals surface area contributed by atoms with Crippen molar-refractivity contribution >= 4 is 5.78 Å². The molecule has 2 aromatic rings. The van der Waals surface area contributed by atoms with Crippen LogP contribution in [0.25, 0.3) is 0 Å². The fourth-order valence-electron chi connectivity index (χ4n) is 3.10. The van der Waals surface area contributed by atoms with E-state index >= 15 is 0 Å². The number of para-hydroxylation sites is 1. The molecule has 1 atom stereocenters. The Morgan fingerprint density at radius 1 is 1.14 bits per heavy atom. The average molecular weight is 280 g/mol. The molecule has 0 radical (unpaired) electrons. The van der Waals surface area contributed by atoms with Crippen LogP contribution in [0.5, 0.6) is 5.75 Å². The van der Waals surface area contributed by atoms with Crippen molar-refractivity contribution < 1.29 is 9.53 Å². The minimum Gasteiger partial charge on any atom is -0.492 e. The maximum Gasteiger partial charge on any atom is 0.163 e. The molecule has 0 heterocycles. The van der Waals surface area contributed by atoms with E-state index in [2.05, 4.69) is 24.3 Å². The number of aryl methyl sites for hydroxylation is 1. The molecule has 0 N–H and O–H groups in total. The fraction of sp³-hybridized carbons (Fsp3) is 0.316. The molecule has 2 nitrogen and oxygen atoms in total. The number of hydrogen-bond donors (Lipinski definition) is 0. The molecule has 0 aliphatic heterocycles. The van der Waals surface area contributed by atoms with Gasteiger partial charge in [-0.25, -0.2) is 0 Å². The van der Waals surface area contributed by atoms with Gasteiger partial charge in [-0.1, -0.05) is 36.4 Å². The zero-order valence-electron chi connectivity index (χ0n) is 12.3. The van der Waals surface area contributed by atoms with Crippen LogP contribution in [-0.2, 0) is 6.42 Å². The van der Waals surface area contributed by atoms with Gasteiger partial charge in [-0.3, -0.25) is 4.79 Å². The summed E-state index contributed by atoms with van der Waals surface area (Å²) in [4.78, 5) is 11.6. The van der Waals surface area contributed by atoms with Gasteiger partial charge in [-0.15, -0.1) is 0 Å². The number of carbonyl (C=O) groups is 1. The topological polar surface area (TPSA) is 26.3 Å². The van der Waals surface area contributed by atoms with E-state index in [0.717, 1.165) is 12.8 Å². The van der Waals surface area contributed by atoms with Gasteiger partial charge in [0, 0.05) is 5.92 Å². The molecule has 0 bridgehead atoms.